The number of benzene rings is 3. The van der Waals surface area contributed by atoms with Gasteiger partial charge in [0.05, 0.1) is 25.6 Å². The SMILES string of the molecule is COc1ccc(CCN(C)C(=O)c2cc(-c3ccccc3F)nn2-c2ccc(C)cc2)cc1OC. The van der Waals surface area contributed by atoms with Crippen LogP contribution in [0.3, 0.4) is 0 Å². The van der Waals surface area contributed by atoms with Gasteiger partial charge in [-0.25, -0.2) is 9.07 Å². The zero-order chi connectivity index (χ0) is 24.9. The number of aromatic nitrogens is 2. The van der Waals surface area contributed by atoms with Crippen molar-refractivity contribution in [3.63, 3.8) is 0 Å². The molecule has 1 heterocycles. The number of methoxy groups -OCH3 is 2. The first-order valence-corrected chi connectivity index (χ1v) is 11.3. The minimum Gasteiger partial charge on any atom is -0.493 e. The molecule has 7 heteroatoms. The molecule has 35 heavy (non-hydrogen) atoms. The number of ether oxygens (including phenoxy) is 2. The van der Waals surface area contributed by atoms with Gasteiger partial charge in [-0.1, -0.05) is 35.9 Å². The predicted octanol–water partition coefficient (Wildman–Crippen LogP) is 5.32. The molecule has 0 aliphatic carbocycles. The van der Waals surface area contributed by atoms with Crippen LogP contribution in [0.1, 0.15) is 21.6 Å². The molecular formula is C28H28FN3O3. The van der Waals surface area contributed by atoms with Crippen LogP contribution >= 0.6 is 0 Å². The summed E-state index contributed by atoms with van der Waals surface area (Å²) in [5.41, 5.74) is 3.95. The van der Waals surface area contributed by atoms with Crippen molar-refractivity contribution < 1.29 is 18.7 Å². The van der Waals surface area contributed by atoms with Gasteiger partial charge in [-0.2, -0.15) is 5.10 Å². The van der Waals surface area contributed by atoms with Crippen molar-refractivity contribution in [2.75, 3.05) is 27.8 Å². The van der Waals surface area contributed by atoms with Crippen LogP contribution in [-0.2, 0) is 6.42 Å². The van der Waals surface area contributed by atoms with Crippen LogP contribution in [0.25, 0.3) is 16.9 Å². The zero-order valence-corrected chi connectivity index (χ0v) is 20.3. The van der Waals surface area contributed by atoms with Gasteiger partial charge in [0.25, 0.3) is 5.91 Å². The third kappa shape index (κ3) is 5.19. The molecule has 0 aliphatic rings. The van der Waals surface area contributed by atoms with Gasteiger partial charge in [0.2, 0.25) is 0 Å². The molecule has 1 amide bonds. The van der Waals surface area contributed by atoms with E-state index in [0.717, 1.165) is 16.8 Å². The topological polar surface area (TPSA) is 56.6 Å². The standard InChI is InChI=1S/C28H28FN3O3/c1-19-9-12-21(13-10-19)32-25(18-24(30-32)22-7-5-6-8-23(22)29)28(33)31(2)16-15-20-11-14-26(34-3)27(17-20)35-4/h5-14,17-18H,15-16H2,1-4H3. The third-order valence-electron chi connectivity index (χ3n) is 5.89. The number of halogens is 1. The van der Waals surface area contributed by atoms with Gasteiger partial charge in [-0.15, -0.1) is 0 Å². The van der Waals surface area contributed by atoms with Gasteiger partial charge in [0.1, 0.15) is 11.5 Å². The molecule has 0 aliphatic heterocycles. The van der Waals surface area contributed by atoms with Gasteiger partial charge in [0, 0.05) is 19.2 Å². The fourth-order valence-electron chi connectivity index (χ4n) is 3.85. The highest BCUT2D eigenvalue weighted by atomic mass is 19.1. The van der Waals surface area contributed by atoms with E-state index in [4.69, 9.17) is 9.47 Å². The summed E-state index contributed by atoms with van der Waals surface area (Å²) in [5.74, 6) is 0.706. The molecule has 0 bridgehead atoms. The molecule has 4 rings (SSSR count). The Balaban J connectivity index is 1.62. The summed E-state index contributed by atoms with van der Waals surface area (Å²) in [6.45, 7) is 2.47. The van der Waals surface area contributed by atoms with Crippen molar-refractivity contribution in [2.45, 2.75) is 13.3 Å². The number of hydrogen-bond donors (Lipinski definition) is 0. The number of hydrogen-bond acceptors (Lipinski definition) is 4. The lowest BCUT2D eigenvalue weighted by Gasteiger charge is -2.18. The summed E-state index contributed by atoms with van der Waals surface area (Å²) >= 11 is 0. The number of aryl methyl sites for hydroxylation is 1. The van der Waals surface area contributed by atoms with Gasteiger partial charge >= 0.3 is 0 Å². The maximum absolute atomic E-state index is 14.5. The lowest BCUT2D eigenvalue weighted by Crippen LogP contribution is -2.30. The van der Waals surface area contributed by atoms with E-state index >= 15 is 0 Å². The number of rotatable bonds is 8. The largest absolute Gasteiger partial charge is 0.493 e. The van der Waals surface area contributed by atoms with Crippen LogP contribution < -0.4 is 9.47 Å². The normalized spacial score (nSPS) is 10.8. The number of carbonyl (C=O) groups excluding carboxylic acids is 1. The van der Waals surface area contributed by atoms with E-state index in [1.807, 2.05) is 49.4 Å². The van der Waals surface area contributed by atoms with E-state index in [1.165, 1.54) is 6.07 Å². The Hall–Kier alpha value is -4.13. The molecule has 6 nitrogen and oxygen atoms in total. The Morgan fingerprint density at radius 3 is 2.37 bits per heavy atom. The Kier molecular flexibility index (Phi) is 7.15. The first-order valence-electron chi connectivity index (χ1n) is 11.3. The summed E-state index contributed by atoms with van der Waals surface area (Å²) in [5, 5.41) is 4.60. The van der Waals surface area contributed by atoms with Crippen molar-refractivity contribution >= 4 is 5.91 Å². The van der Waals surface area contributed by atoms with E-state index in [0.29, 0.717) is 41.4 Å². The van der Waals surface area contributed by atoms with E-state index in [2.05, 4.69) is 5.10 Å². The van der Waals surface area contributed by atoms with Crippen LogP contribution in [0.15, 0.2) is 72.8 Å². The number of carbonyl (C=O) groups is 1. The first kappa shape index (κ1) is 24.0. The maximum Gasteiger partial charge on any atom is 0.272 e. The molecule has 0 spiro atoms. The van der Waals surface area contributed by atoms with Crippen molar-refractivity contribution in [3.05, 3.63) is 95.4 Å². The highest BCUT2D eigenvalue weighted by Crippen LogP contribution is 2.28. The molecule has 4 aromatic rings. The highest BCUT2D eigenvalue weighted by molar-refractivity contribution is 5.94. The van der Waals surface area contributed by atoms with E-state index in [1.54, 1.807) is 55.1 Å². The van der Waals surface area contributed by atoms with Crippen LogP contribution in [0, 0.1) is 12.7 Å². The Morgan fingerprint density at radius 2 is 1.69 bits per heavy atom. The third-order valence-corrected chi connectivity index (χ3v) is 5.89. The van der Waals surface area contributed by atoms with Crippen molar-refractivity contribution in [2.24, 2.45) is 0 Å². The van der Waals surface area contributed by atoms with E-state index < -0.39 is 0 Å². The Bertz CT molecular complexity index is 1330. The van der Waals surface area contributed by atoms with E-state index in [9.17, 15) is 9.18 Å². The van der Waals surface area contributed by atoms with Gasteiger partial charge in [0.15, 0.2) is 11.5 Å². The van der Waals surface area contributed by atoms with E-state index in [-0.39, 0.29) is 11.7 Å². The molecule has 0 saturated heterocycles. The smallest absolute Gasteiger partial charge is 0.272 e. The molecule has 0 radical (unpaired) electrons. The van der Waals surface area contributed by atoms with Crippen LogP contribution in [0.4, 0.5) is 4.39 Å². The predicted molar refractivity (Wildman–Crippen MR) is 134 cm³/mol. The quantitative estimate of drug-likeness (QED) is 0.348. The minimum absolute atomic E-state index is 0.207. The van der Waals surface area contributed by atoms with Gasteiger partial charge < -0.3 is 14.4 Å². The Morgan fingerprint density at radius 1 is 0.971 bits per heavy atom. The molecule has 0 atom stereocenters. The molecule has 0 saturated carbocycles. The second-order valence-electron chi connectivity index (χ2n) is 8.31. The second-order valence-corrected chi connectivity index (χ2v) is 8.31. The highest BCUT2D eigenvalue weighted by Gasteiger charge is 2.22. The monoisotopic (exact) mass is 473 g/mol. The first-order chi connectivity index (χ1) is 16.9. The summed E-state index contributed by atoms with van der Waals surface area (Å²) in [6.07, 6.45) is 0.626. The lowest BCUT2D eigenvalue weighted by atomic mass is 10.1. The summed E-state index contributed by atoms with van der Waals surface area (Å²) in [6, 6.07) is 21.5. The van der Waals surface area contributed by atoms with Crippen LogP contribution in [0.2, 0.25) is 0 Å². The molecule has 0 fully saturated rings. The summed E-state index contributed by atoms with van der Waals surface area (Å²) < 4.78 is 26.7. The maximum atomic E-state index is 14.5. The van der Waals surface area contributed by atoms with Gasteiger partial charge in [-0.3, -0.25) is 4.79 Å². The zero-order valence-electron chi connectivity index (χ0n) is 20.3. The van der Waals surface area contributed by atoms with Crippen LogP contribution in [-0.4, -0.2) is 48.4 Å². The molecular weight excluding hydrogens is 445 g/mol. The average Bonchev–Trinajstić information content (AvgIpc) is 3.32. The fourth-order valence-corrected chi connectivity index (χ4v) is 3.85. The van der Waals surface area contributed by atoms with Crippen molar-refractivity contribution in [1.29, 1.82) is 0 Å². The fraction of sp³-hybridized carbons (Fsp3) is 0.214. The average molecular weight is 474 g/mol. The minimum atomic E-state index is -0.387. The lowest BCUT2D eigenvalue weighted by molar-refractivity contribution is 0.0787. The number of nitrogens with zero attached hydrogens (tertiary/aromatic N) is 3. The number of likely N-dealkylation sites (N-methyl/N-ethyl adjacent to an activating group) is 1. The van der Waals surface area contributed by atoms with Crippen molar-refractivity contribution in [3.8, 4) is 28.4 Å². The number of amides is 1. The summed E-state index contributed by atoms with van der Waals surface area (Å²) in [7, 11) is 4.94. The Labute approximate surface area is 204 Å². The molecule has 0 unspecified atom stereocenters. The van der Waals surface area contributed by atoms with Gasteiger partial charge in [-0.05, 0) is 61.4 Å². The second kappa shape index (κ2) is 10.4. The van der Waals surface area contributed by atoms with Crippen molar-refractivity contribution in [1.82, 2.24) is 14.7 Å². The summed E-state index contributed by atoms with van der Waals surface area (Å²) in [4.78, 5) is 15.1. The molecule has 180 valence electrons. The molecule has 3 aromatic carbocycles. The molecule has 0 N–H and O–H groups in total. The molecule has 1 aromatic heterocycles. The van der Waals surface area contributed by atoms with Crippen LogP contribution in [0.5, 0.6) is 11.5 Å².